The van der Waals surface area contributed by atoms with E-state index in [1.807, 2.05) is 13.8 Å². The third kappa shape index (κ3) is 4.27. The van der Waals surface area contributed by atoms with E-state index in [1.165, 1.54) is 0 Å². The van der Waals surface area contributed by atoms with Gasteiger partial charge >= 0.3 is 0 Å². The molecule has 0 aromatic heterocycles. The molecule has 0 aromatic rings. The molecule has 0 rings (SSSR count). The molecule has 0 spiro atoms. The monoisotopic (exact) mass is 186 g/mol. The molecule has 0 aliphatic rings. The second-order valence-electron chi connectivity index (χ2n) is 3.79. The van der Waals surface area contributed by atoms with E-state index in [1.54, 1.807) is 11.9 Å². The summed E-state index contributed by atoms with van der Waals surface area (Å²) in [6.45, 7) is 6.08. The molecule has 3 heteroatoms. The zero-order chi connectivity index (χ0) is 10.4. The summed E-state index contributed by atoms with van der Waals surface area (Å²) in [6, 6.07) is -0.0764. The lowest BCUT2D eigenvalue weighted by Crippen LogP contribution is -2.44. The first-order valence-electron chi connectivity index (χ1n) is 5.03. The SMILES string of the molecule is CCCCC(N)C(=O)N(C)C(C)C. The number of carbonyl (C=O) groups excluding carboxylic acids is 1. The maximum Gasteiger partial charge on any atom is 0.239 e. The maximum atomic E-state index is 11.6. The molecule has 0 saturated heterocycles. The number of nitrogens with two attached hydrogens (primary N) is 1. The van der Waals surface area contributed by atoms with Gasteiger partial charge in [0, 0.05) is 13.1 Å². The summed E-state index contributed by atoms with van der Waals surface area (Å²) in [5.74, 6) is 0.0588. The molecule has 0 aromatic carbocycles. The second-order valence-corrected chi connectivity index (χ2v) is 3.79. The first-order valence-corrected chi connectivity index (χ1v) is 5.03. The molecule has 78 valence electrons. The Bertz CT molecular complexity index is 157. The van der Waals surface area contributed by atoms with E-state index in [0.717, 1.165) is 19.3 Å². The van der Waals surface area contributed by atoms with Gasteiger partial charge in [0.2, 0.25) is 5.91 Å². The Morgan fingerprint density at radius 1 is 1.46 bits per heavy atom. The van der Waals surface area contributed by atoms with Crippen molar-refractivity contribution in [2.45, 2.75) is 52.1 Å². The van der Waals surface area contributed by atoms with Crippen LogP contribution in [0.3, 0.4) is 0 Å². The number of nitrogens with zero attached hydrogens (tertiary/aromatic N) is 1. The van der Waals surface area contributed by atoms with Gasteiger partial charge in [0.1, 0.15) is 0 Å². The van der Waals surface area contributed by atoms with Gasteiger partial charge in [-0.1, -0.05) is 19.8 Å². The highest BCUT2D eigenvalue weighted by Gasteiger charge is 2.18. The summed E-state index contributed by atoms with van der Waals surface area (Å²) < 4.78 is 0. The zero-order valence-corrected chi connectivity index (χ0v) is 9.21. The van der Waals surface area contributed by atoms with Gasteiger partial charge in [-0.2, -0.15) is 0 Å². The average molecular weight is 186 g/mol. The number of rotatable bonds is 5. The Labute approximate surface area is 81.3 Å². The minimum absolute atomic E-state index is 0.0588. The summed E-state index contributed by atoms with van der Waals surface area (Å²) in [6.07, 6.45) is 2.91. The molecule has 1 unspecified atom stereocenters. The first kappa shape index (κ1) is 12.4. The molecule has 0 aliphatic carbocycles. The highest BCUT2D eigenvalue weighted by atomic mass is 16.2. The van der Waals surface area contributed by atoms with Crippen LogP contribution in [-0.2, 0) is 4.79 Å². The fourth-order valence-electron chi connectivity index (χ4n) is 1.06. The van der Waals surface area contributed by atoms with Crippen LogP contribution >= 0.6 is 0 Å². The predicted octanol–water partition coefficient (Wildman–Crippen LogP) is 1.37. The molecule has 0 heterocycles. The molecule has 0 fully saturated rings. The molecule has 3 nitrogen and oxygen atoms in total. The fraction of sp³-hybridized carbons (Fsp3) is 0.900. The van der Waals surface area contributed by atoms with Crippen LogP contribution in [0.4, 0.5) is 0 Å². The van der Waals surface area contributed by atoms with Crippen molar-refractivity contribution in [3.63, 3.8) is 0 Å². The zero-order valence-electron chi connectivity index (χ0n) is 9.21. The Morgan fingerprint density at radius 3 is 2.38 bits per heavy atom. The van der Waals surface area contributed by atoms with Crippen LogP contribution in [0.1, 0.15) is 40.0 Å². The summed E-state index contributed by atoms with van der Waals surface area (Å²) in [5.41, 5.74) is 5.75. The van der Waals surface area contributed by atoms with Crippen molar-refractivity contribution in [1.82, 2.24) is 4.90 Å². The van der Waals surface area contributed by atoms with Crippen molar-refractivity contribution in [3.05, 3.63) is 0 Å². The van der Waals surface area contributed by atoms with Crippen LogP contribution in [0, 0.1) is 0 Å². The third-order valence-electron chi connectivity index (χ3n) is 2.31. The van der Waals surface area contributed by atoms with Gasteiger partial charge in [-0.05, 0) is 20.3 Å². The summed E-state index contributed by atoms with van der Waals surface area (Å²) in [4.78, 5) is 13.3. The quantitative estimate of drug-likeness (QED) is 0.705. The molecule has 0 aliphatic heterocycles. The van der Waals surface area contributed by atoms with Crippen LogP contribution < -0.4 is 5.73 Å². The molecular weight excluding hydrogens is 164 g/mol. The van der Waals surface area contributed by atoms with Gasteiger partial charge in [0.05, 0.1) is 6.04 Å². The minimum atomic E-state index is -0.313. The van der Waals surface area contributed by atoms with E-state index in [-0.39, 0.29) is 18.0 Å². The van der Waals surface area contributed by atoms with Gasteiger partial charge in [0.15, 0.2) is 0 Å². The Morgan fingerprint density at radius 2 is 2.00 bits per heavy atom. The van der Waals surface area contributed by atoms with Crippen molar-refractivity contribution >= 4 is 5.91 Å². The maximum absolute atomic E-state index is 11.6. The number of hydrogen-bond donors (Lipinski definition) is 1. The van der Waals surface area contributed by atoms with Crippen molar-refractivity contribution in [2.75, 3.05) is 7.05 Å². The van der Waals surface area contributed by atoms with Crippen molar-refractivity contribution in [1.29, 1.82) is 0 Å². The molecule has 2 N–H and O–H groups in total. The first-order chi connectivity index (χ1) is 6.00. The molecular formula is C10H22N2O. The second kappa shape index (κ2) is 5.97. The summed E-state index contributed by atoms with van der Waals surface area (Å²) >= 11 is 0. The van der Waals surface area contributed by atoms with Gasteiger partial charge in [0.25, 0.3) is 0 Å². The topological polar surface area (TPSA) is 46.3 Å². The van der Waals surface area contributed by atoms with Gasteiger partial charge in [-0.25, -0.2) is 0 Å². The molecule has 13 heavy (non-hydrogen) atoms. The van der Waals surface area contributed by atoms with Crippen LogP contribution in [0.5, 0.6) is 0 Å². The number of hydrogen-bond acceptors (Lipinski definition) is 2. The van der Waals surface area contributed by atoms with Gasteiger partial charge in [-0.15, -0.1) is 0 Å². The average Bonchev–Trinajstić information content (AvgIpc) is 2.11. The number of carbonyl (C=O) groups is 1. The van der Waals surface area contributed by atoms with E-state index in [9.17, 15) is 4.79 Å². The highest BCUT2D eigenvalue weighted by Crippen LogP contribution is 2.03. The van der Waals surface area contributed by atoms with Crippen LogP contribution in [0.15, 0.2) is 0 Å². The van der Waals surface area contributed by atoms with E-state index < -0.39 is 0 Å². The summed E-state index contributed by atoms with van der Waals surface area (Å²) in [7, 11) is 1.80. The minimum Gasteiger partial charge on any atom is -0.342 e. The predicted molar refractivity (Wildman–Crippen MR) is 55.4 cm³/mol. The fourth-order valence-corrected chi connectivity index (χ4v) is 1.06. The van der Waals surface area contributed by atoms with Crippen LogP contribution in [0.25, 0.3) is 0 Å². The molecule has 1 atom stereocenters. The molecule has 1 amide bonds. The molecule has 0 radical (unpaired) electrons. The normalized spacial score (nSPS) is 13.1. The van der Waals surface area contributed by atoms with Gasteiger partial charge in [-0.3, -0.25) is 4.79 Å². The van der Waals surface area contributed by atoms with E-state index in [2.05, 4.69) is 6.92 Å². The third-order valence-corrected chi connectivity index (χ3v) is 2.31. The van der Waals surface area contributed by atoms with E-state index >= 15 is 0 Å². The number of likely N-dealkylation sites (N-methyl/N-ethyl adjacent to an activating group) is 1. The molecule has 0 bridgehead atoms. The lowest BCUT2D eigenvalue weighted by atomic mass is 10.1. The van der Waals surface area contributed by atoms with Crippen molar-refractivity contribution in [3.8, 4) is 0 Å². The smallest absolute Gasteiger partial charge is 0.239 e. The Hall–Kier alpha value is -0.570. The molecule has 0 saturated carbocycles. The van der Waals surface area contributed by atoms with E-state index in [4.69, 9.17) is 5.73 Å². The van der Waals surface area contributed by atoms with Gasteiger partial charge < -0.3 is 10.6 Å². The van der Waals surface area contributed by atoms with Crippen LogP contribution in [-0.4, -0.2) is 29.9 Å². The van der Waals surface area contributed by atoms with E-state index in [0.29, 0.717) is 0 Å². The Balaban J connectivity index is 3.94. The largest absolute Gasteiger partial charge is 0.342 e. The van der Waals surface area contributed by atoms with Crippen LogP contribution in [0.2, 0.25) is 0 Å². The van der Waals surface area contributed by atoms with Crippen molar-refractivity contribution in [2.24, 2.45) is 5.73 Å². The number of amides is 1. The highest BCUT2D eigenvalue weighted by molar-refractivity contribution is 5.81. The summed E-state index contributed by atoms with van der Waals surface area (Å²) in [5, 5.41) is 0. The lowest BCUT2D eigenvalue weighted by molar-refractivity contribution is -0.132. The Kier molecular flexibility index (Phi) is 5.71. The lowest BCUT2D eigenvalue weighted by Gasteiger charge is -2.24. The standard InChI is InChI=1S/C10H22N2O/c1-5-6-7-9(11)10(13)12(4)8(2)3/h8-9H,5-7,11H2,1-4H3. The number of unbranched alkanes of at least 4 members (excludes halogenated alkanes) is 1. The van der Waals surface area contributed by atoms with Crippen molar-refractivity contribution < 1.29 is 4.79 Å².